The molecule has 0 radical (unpaired) electrons. The Balaban J connectivity index is 1.60. The van der Waals surface area contributed by atoms with Crippen LogP contribution in [0.1, 0.15) is 16.1 Å². The van der Waals surface area contributed by atoms with Crippen LogP contribution in [0.15, 0.2) is 52.3 Å². The Kier molecular flexibility index (Phi) is 6.10. The van der Waals surface area contributed by atoms with Crippen LogP contribution in [0.2, 0.25) is 5.02 Å². The minimum Gasteiger partial charge on any atom is -0.321 e. The predicted octanol–water partition coefficient (Wildman–Crippen LogP) is 5.76. The molecule has 3 N–H and O–H groups in total. The molecule has 0 bridgehead atoms. The van der Waals surface area contributed by atoms with Crippen LogP contribution >= 0.6 is 38.9 Å². The van der Waals surface area contributed by atoms with Crippen molar-refractivity contribution in [1.29, 1.82) is 0 Å². The average Bonchev–Trinajstić information content (AvgIpc) is 3.08. The van der Waals surface area contributed by atoms with E-state index in [1.54, 1.807) is 35.7 Å². The van der Waals surface area contributed by atoms with Gasteiger partial charge in [-0.2, -0.15) is 0 Å². The second-order valence-corrected chi connectivity index (χ2v) is 7.69. The summed E-state index contributed by atoms with van der Waals surface area (Å²) in [6.45, 7) is 1.93. The van der Waals surface area contributed by atoms with Crippen LogP contribution in [-0.4, -0.2) is 16.9 Å². The van der Waals surface area contributed by atoms with Crippen LogP contribution in [0.4, 0.5) is 21.3 Å². The van der Waals surface area contributed by atoms with Crippen LogP contribution in [0, 0.1) is 6.92 Å². The van der Waals surface area contributed by atoms with Crippen molar-refractivity contribution in [1.82, 2.24) is 4.98 Å². The minimum atomic E-state index is -0.456. The fourth-order valence-corrected chi connectivity index (χ4v) is 3.20. The first kappa shape index (κ1) is 19.3. The third kappa shape index (κ3) is 5.29. The van der Waals surface area contributed by atoms with E-state index in [1.807, 2.05) is 19.1 Å². The van der Waals surface area contributed by atoms with Gasteiger partial charge in [-0.05, 0) is 55.0 Å². The standard InChI is InChI=1S/C18H14BrClN4O2S/c1-10-8-13(6-7-14(10)19)21-16(25)15-9-27-18(23-15)24-17(26)22-12-4-2-11(20)3-5-12/h2-9H,1H3,(H,21,25)(H2,22,23,24,26). The Morgan fingerprint density at radius 2 is 1.74 bits per heavy atom. The summed E-state index contributed by atoms with van der Waals surface area (Å²) in [5.41, 5.74) is 2.50. The predicted molar refractivity (Wildman–Crippen MR) is 113 cm³/mol. The van der Waals surface area contributed by atoms with Crippen LogP contribution in [0.5, 0.6) is 0 Å². The number of hydrogen-bond donors (Lipinski definition) is 3. The van der Waals surface area contributed by atoms with Gasteiger partial charge in [0.2, 0.25) is 0 Å². The molecule has 0 aliphatic carbocycles. The zero-order chi connectivity index (χ0) is 19.4. The highest BCUT2D eigenvalue weighted by Crippen LogP contribution is 2.22. The Labute approximate surface area is 173 Å². The molecule has 0 atom stereocenters. The zero-order valence-corrected chi connectivity index (χ0v) is 17.2. The normalized spacial score (nSPS) is 10.3. The largest absolute Gasteiger partial charge is 0.325 e. The highest BCUT2D eigenvalue weighted by atomic mass is 79.9. The number of urea groups is 1. The van der Waals surface area contributed by atoms with Crippen molar-refractivity contribution in [2.75, 3.05) is 16.0 Å². The van der Waals surface area contributed by atoms with E-state index in [4.69, 9.17) is 11.6 Å². The molecule has 0 fully saturated rings. The number of halogens is 2. The Bertz CT molecular complexity index is 991. The molecule has 0 unspecified atom stereocenters. The van der Waals surface area contributed by atoms with Gasteiger partial charge in [0, 0.05) is 26.3 Å². The number of nitrogens with one attached hydrogen (secondary N) is 3. The highest BCUT2D eigenvalue weighted by molar-refractivity contribution is 9.10. The number of hydrogen-bond acceptors (Lipinski definition) is 4. The van der Waals surface area contributed by atoms with Crippen LogP contribution in [-0.2, 0) is 0 Å². The summed E-state index contributed by atoms with van der Waals surface area (Å²) in [7, 11) is 0. The van der Waals surface area contributed by atoms with Gasteiger partial charge in [0.15, 0.2) is 5.13 Å². The first-order valence-corrected chi connectivity index (χ1v) is 9.82. The number of rotatable bonds is 4. The molecule has 2 aromatic carbocycles. The van der Waals surface area contributed by atoms with E-state index in [1.165, 1.54) is 0 Å². The number of aryl methyl sites for hydroxylation is 1. The highest BCUT2D eigenvalue weighted by Gasteiger charge is 2.13. The minimum absolute atomic E-state index is 0.224. The van der Waals surface area contributed by atoms with Gasteiger partial charge in [-0.3, -0.25) is 10.1 Å². The SMILES string of the molecule is Cc1cc(NC(=O)c2csc(NC(=O)Nc3ccc(Cl)cc3)n2)ccc1Br. The number of thiazole rings is 1. The fourth-order valence-electron chi connectivity index (χ4n) is 2.15. The van der Waals surface area contributed by atoms with Gasteiger partial charge in [-0.15, -0.1) is 11.3 Å². The van der Waals surface area contributed by atoms with E-state index in [0.717, 1.165) is 21.4 Å². The molecule has 0 spiro atoms. The molecule has 1 aromatic heterocycles. The van der Waals surface area contributed by atoms with Gasteiger partial charge in [-0.1, -0.05) is 27.5 Å². The van der Waals surface area contributed by atoms with Crippen molar-refractivity contribution in [2.45, 2.75) is 6.92 Å². The van der Waals surface area contributed by atoms with Gasteiger partial charge in [0.25, 0.3) is 5.91 Å². The lowest BCUT2D eigenvalue weighted by atomic mass is 10.2. The Hall–Kier alpha value is -2.42. The molecule has 3 rings (SSSR count). The van der Waals surface area contributed by atoms with Gasteiger partial charge in [0.1, 0.15) is 5.69 Å². The van der Waals surface area contributed by atoms with E-state index in [2.05, 4.69) is 36.9 Å². The maximum atomic E-state index is 12.3. The lowest BCUT2D eigenvalue weighted by molar-refractivity contribution is 0.102. The zero-order valence-electron chi connectivity index (χ0n) is 14.0. The summed E-state index contributed by atoms with van der Waals surface area (Å²) in [4.78, 5) is 28.5. The molecule has 138 valence electrons. The molecule has 27 heavy (non-hydrogen) atoms. The third-order valence-electron chi connectivity index (χ3n) is 3.48. The maximum absolute atomic E-state index is 12.3. The van der Waals surface area contributed by atoms with Crippen molar-refractivity contribution < 1.29 is 9.59 Å². The molecular weight excluding hydrogens is 452 g/mol. The molecule has 0 aliphatic heterocycles. The second kappa shape index (κ2) is 8.51. The average molecular weight is 466 g/mol. The molecule has 1 heterocycles. The number of aromatic nitrogens is 1. The lowest BCUT2D eigenvalue weighted by Gasteiger charge is -2.06. The lowest BCUT2D eigenvalue weighted by Crippen LogP contribution is -2.19. The maximum Gasteiger partial charge on any atom is 0.325 e. The van der Waals surface area contributed by atoms with Crippen molar-refractivity contribution >= 4 is 67.3 Å². The van der Waals surface area contributed by atoms with Gasteiger partial charge < -0.3 is 10.6 Å². The van der Waals surface area contributed by atoms with Crippen LogP contribution in [0.25, 0.3) is 0 Å². The Morgan fingerprint density at radius 1 is 1.04 bits per heavy atom. The number of nitrogens with zero attached hydrogens (tertiary/aromatic N) is 1. The van der Waals surface area contributed by atoms with Crippen molar-refractivity contribution in [3.8, 4) is 0 Å². The smallest absolute Gasteiger partial charge is 0.321 e. The van der Waals surface area contributed by atoms with Gasteiger partial charge in [-0.25, -0.2) is 9.78 Å². The summed E-state index contributed by atoms with van der Waals surface area (Å²) in [6, 6.07) is 11.8. The van der Waals surface area contributed by atoms with E-state index in [0.29, 0.717) is 21.5 Å². The van der Waals surface area contributed by atoms with Crippen molar-refractivity contribution in [2.24, 2.45) is 0 Å². The molecule has 9 heteroatoms. The molecular formula is C18H14BrClN4O2S. The van der Waals surface area contributed by atoms with E-state index in [-0.39, 0.29) is 11.6 Å². The molecule has 0 saturated heterocycles. The molecule has 6 nitrogen and oxygen atoms in total. The summed E-state index contributed by atoms with van der Waals surface area (Å²) < 4.78 is 0.965. The van der Waals surface area contributed by atoms with E-state index >= 15 is 0 Å². The number of benzene rings is 2. The third-order valence-corrected chi connectivity index (χ3v) is 5.37. The monoisotopic (exact) mass is 464 g/mol. The number of carbonyl (C=O) groups excluding carboxylic acids is 2. The summed E-state index contributed by atoms with van der Waals surface area (Å²) >= 11 is 10.4. The van der Waals surface area contributed by atoms with Crippen molar-refractivity contribution in [3.63, 3.8) is 0 Å². The fraction of sp³-hybridized carbons (Fsp3) is 0.0556. The molecule has 3 amide bonds. The van der Waals surface area contributed by atoms with Crippen molar-refractivity contribution in [3.05, 3.63) is 68.6 Å². The quantitative estimate of drug-likeness (QED) is 0.458. The second-order valence-electron chi connectivity index (χ2n) is 5.54. The topological polar surface area (TPSA) is 83.1 Å². The van der Waals surface area contributed by atoms with Crippen LogP contribution < -0.4 is 16.0 Å². The summed E-state index contributed by atoms with van der Waals surface area (Å²) in [6.07, 6.45) is 0. The van der Waals surface area contributed by atoms with E-state index in [9.17, 15) is 9.59 Å². The summed E-state index contributed by atoms with van der Waals surface area (Å²) in [5, 5.41) is 10.5. The van der Waals surface area contributed by atoms with E-state index < -0.39 is 6.03 Å². The first-order valence-electron chi connectivity index (χ1n) is 7.77. The van der Waals surface area contributed by atoms with Gasteiger partial charge in [0.05, 0.1) is 0 Å². The number of anilines is 3. The van der Waals surface area contributed by atoms with Crippen LogP contribution in [0.3, 0.4) is 0 Å². The number of carbonyl (C=O) groups is 2. The Morgan fingerprint density at radius 3 is 2.44 bits per heavy atom. The first-order chi connectivity index (χ1) is 12.9. The molecule has 0 saturated carbocycles. The molecule has 3 aromatic rings. The van der Waals surface area contributed by atoms with Gasteiger partial charge >= 0.3 is 6.03 Å². The number of amides is 3. The summed E-state index contributed by atoms with van der Waals surface area (Å²) in [5.74, 6) is -0.348. The molecule has 0 aliphatic rings.